The van der Waals surface area contributed by atoms with Crippen LogP contribution in [0.1, 0.15) is 13.3 Å². The van der Waals surface area contributed by atoms with Gasteiger partial charge in [-0.2, -0.15) is 0 Å². The van der Waals surface area contributed by atoms with Gasteiger partial charge in [-0.1, -0.05) is 11.6 Å². The van der Waals surface area contributed by atoms with E-state index >= 15 is 0 Å². The van der Waals surface area contributed by atoms with Crippen LogP contribution in [0.2, 0.25) is 5.02 Å². The van der Waals surface area contributed by atoms with Crippen LogP contribution in [0.4, 0.5) is 0 Å². The van der Waals surface area contributed by atoms with Crippen LogP contribution >= 0.6 is 23.4 Å². The third-order valence-corrected chi connectivity index (χ3v) is 3.37. The summed E-state index contributed by atoms with van der Waals surface area (Å²) in [6.45, 7) is 3.41. The number of thioether (sulfide) groups is 1. The van der Waals surface area contributed by atoms with Gasteiger partial charge in [0.15, 0.2) is 0 Å². The molecule has 1 aromatic rings. The molecule has 0 aliphatic carbocycles. The minimum absolute atomic E-state index is 0.260. The molecule has 0 heterocycles. The fourth-order valence-electron chi connectivity index (χ4n) is 1.23. The van der Waals surface area contributed by atoms with Crippen LogP contribution in [-0.4, -0.2) is 30.1 Å². The molecule has 2 N–H and O–H groups in total. The van der Waals surface area contributed by atoms with Crippen LogP contribution in [0.5, 0.6) is 0 Å². The van der Waals surface area contributed by atoms with Crippen molar-refractivity contribution in [2.24, 2.45) is 0 Å². The zero-order valence-electron chi connectivity index (χ0n) is 9.45. The van der Waals surface area contributed by atoms with Crippen molar-refractivity contribution in [1.29, 1.82) is 0 Å². The normalized spacial score (nSPS) is 12.7. The maximum Gasteiger partial charge on any atom is 0.0636 e. The highest BCUT2D eigenvalue weighted by Crippen LogP contribution is 2.20. The van der Waals surface area contributed by atoms with Gasteiger partial charge in [0, 0.05) is 16.5 Å². The fraction of sp³-hybridized carbons (Fsp3) is 0.500. The highest BCUT2D eigenvalue weighted by Gasteiger charge is 1.96. The SMILES string of the molecule is CC(O)CNCCCSc1ccc(Cl)cc1. The van der Waals surface area contributed by atoms with Gasteiger partial charge in [0.25, 0.3) is 0 Å². The summed E-state index contributed by atoms with van der Waals surface area (Å²) in [6, 6.07) is 7.90. The van der Waals surface area contributed by atoms with Crippen molar-refractivity contribution in [3.63, 3.8) is 0 Å². The Morgan fingerprint density at radius 3 is 2.69 bits per heavy atom. The summed E-state index contributed by atoms with van der Waals surface area (Å²) in [5.74, 6) is 1.08. The molecule has 0 fully saturated rings. The molecular formula is C12H18ClNOS. The molecule has 1 atom stereocenters. The maximum atomic E-state index is 9.03. The molecule has 16 heavy (non-hydrogen) atoms. The van der Waals surface area contributed by atoms with Gasteiger partial charge in [-0.25, -0.2) is 0 Å². The summed E-state index contributed by atoms with van der Waals surface area (Å²) >= 11 is 7.63. The molecule has 4 heteroatoms. The van der Waals surface area contributed by atoms with Gasteiger partial charge in [0.05, 0.1) is 6.10 Å². The lowest BCUT2D eigenvalue weighted by atomic mass is 10.4. The van der Waals surface area contributed by atoms with Gasteiger partial charge < -0.3 is 10.4 Å². The number of nitrogens with one attached hydrogen (secondary N) is 1. The second kappa shape index (κ2) is 7.96. The predicted octanol–water partition coefficient (Wildman–Crippen LogP) is 2.79. The van der Waals surface area contributed by atoms with Crippen LogP contribution in [0, 0.1) is 0 Å². The van der Waals surface area contributed by atoms with Crippen molar-refractivity contribution in [2.75, 3.05) is 18.8 Å². The zero-order valence-corrected chi connectivity index (χ0v) is 11.0. The Kier molecular flexibility index (Phi) is 6.88. The molecule has 0 bridgehead atoms. The standard InChI is InChI=1S/C12H18ClNOS/c1-10(15)9-14-7-2-8-16-12-5-3-11(13)4-6-12/h3-6,10,14-15H,2,7-9H2,1H3. The van der Waals surface area contributed by atoms with Gasteiger partial charge in [-0.3, -0.25) is 0 Å². The van der Waals surface area contributed by atoms with E-state index in [4.69, 9.17) is 16.7 Å². The summed E-state index contributed by atoms with van der Waals surface area (Å²) in [6.07, 6.45) is 0.837. The monoisotopic (exact) mass is 259 g/mol. The van der Waals surface area contributed by atoms with Crippen LogP contribution in [0.15, 0.2) is 29.2 Å². The minimum atomic E-state index is -0.260. The van der Waals surface area contributed by atoms with E-state index in [1.165, 1.54) is 4.90 Å². The molecule has 0 saturated carbocycles. The molecule has 0 radical (unpaired) electrons. The van der Waals surface area contributed by atoms with Gasteiger partial charge in [-0.05, 0) is 49.9 Å². The largest absolute Gasteiger partial charge is 0.392 e. The van der Waals surface area contributed by atoms with E-state index in [0.29, 0.717) is 6.54 Å². The Labute approximate surface area is 106 Å². The lowest BCUT2D eigenvalue weighted by Gasteiger charge is -2.06. The van der Waals surface area contributed by atoms with Crippen LogP contribution in [0.3, 0.4) is 0 Å². The quantitative estimate of drug-likeness (QED) is 0.583. The van der Waals surface area contributed by atoms with E-state index in [-0.39, 0.29) is 6.10 Å². The van der Waals surface area contributed by atoms with Crippen molar-refractivity contribution in [1.82, 2.24) is 5.32 Å². The van der Waals surface area contributed by atoms with Crippen LogP contribution in [0.25, 0.3) is 0 Å². The summed E-state index contributed by atoms with van der Waals surface area (Å²) in [5, 5.41) is 13.0. The molecule has 90 valence electrons. The molecule has 1 aromatic carbocycles. The molecule has 0 aliphatic rings. The van der Waals surface area contributed by atoms with Crippen molar-refractivity contribution < 1.29 is 5.11 Å². The summed E-state index contributed by atoms with van der Waals surface area (Å²) in [4.78, 5) is 1.25. The van der Waals surface area contributed by atoms with Crippen LogP contribution in [-0.2, 0) is 0 Å². The summed E-state index contributed by atoms with van der Waals surface area (Å²) in [5.41, 5.74) is 0. The number of aliphatic hydroxyl groups excluding tert-OH is 1. The topological polar surface area (TPSA) is 32.3 Å². The van der Waals surface area contributed by atoms with Crippen LogP contribution < -0.4 is 5.32 Å². The first-order valence-electron chi connectivity index (χ1n) is 5.45. The second-order valence-electron chi connectivity index (χ2n) is 3.71. The van der Waals surface area contributed by atoms with Gasteiger partial charge in [0.2, 0.25) is 0 Å². The molecule has 0 saturated heterocycles. The Morgan fingerprint density at radius 2 is 2.06 bits per heavy atom. The molecule has 1 unspecified atom stereocenters. The fourth-order valence-corrected chi connectivity index (χ4v) is 2.21. The van der Waals surface area contributed by atoms with E-state index in [9.17, 15) is 0 Å². The second-order valence-corrected chi connectivity index (χ2v) is 5.31. The van der Waals surface area contributed by atoms with E-state index in [1.807, 2.05) is 36.0 Å². The third kappa shape index (κ3) is 6.38. The average Bonchev–Trinajstić information content (AvgIpc) is 2.25. The lowest BCUT2D eigenvalue weighted by molar-refractivity contribution is 0.191. The molecule has 2 nitrogen and oxygen atoms in total. The van der Waals surface area contributed by atoms with E-state index in [0.717, 1.165) is 23.7 Å². The third-order valence-electron chi connectivity index (χ3n) is 2.02. The van der Waals surface area contributed by atoms with E-state index < -0.39 is 0 Å². The number of hydrogen-bond donors (Lipinski definition) is 2. The first kappa shape index (κ1) is 13.8. The Bertz CT molecular complexity index is 290. The van der Waals surface area contributed by atoms with E-state index in [1.54, 1.807) is 6.92 Å². The van der Waals surface area contributed by atoms with Gasteiger partial charge >= 0.3 is 0 Å². The van der Waals surface area contributed by atoms with Crippen molar-refractivity contribution in [2.45, 2.75) is 24.3 Å². The molecule has 1 rings (SSSR count). The molecular weight excluding hydrogens is 242 g/mol. The first-order chi connectivity index (χ1) is 7.68. The van der Waals surface area contributed by atoms with Gasteiger partial charge in [-0.15, -0.1) is 11.8 Å². The number of halogens is 1. The first-order valence-corrected chi connectivity index (χ1v) is 6.82. The van der Waals surface area contributed by atoms with Gasteiger partial charge in [0.1, 0.15) is 0 Å². The number of rotatable bonds is 7. The molecule has 0 aromatic heterocycles. The van der Waals surface area contributed by atoms with E-state index in [2.05, 4.69) is 5.32 Å². The Hall–Kier alpha value is -0.220. The maximum absolute atomic E-state index is 9.03. The van der Waals surface area contributed by atoms with Crippen molar-refractivity contribution >= 4 is 23.4 Å². The average molecular weight is 260 g/mol. The molecule has 0 amide bonds. The molecule has 0 spiro atoms. The smallest absolute Gasteiger partial charge is 0.0636 e. The summed E-state index contributed by atoms with van der Waals surface area (Å²) in [7, 11) is 0. The Balaban J connectivity index is 2.05. The van der Waals surface area contributed by atoms with Crippen molar-refractivity contribution in [3.05, 3.63) is 29.3 Å². The number of benzene rings is 1. The number of aliphatic hydroxyl groups is 1. The minimum Gasteiger partial charge on any atom is -0.392 e. The number of hydrogen-bond acceptors (Lipinski definition) is 3. The predicted molar refractivity (Wildman–Crippen MR) is 71.3 cm³/mol. The molecule has 0 aliphatic heterocycles. The lowest BCUT2D eigenvalue weighted by Crippen LogP contribution is -2.25. The summed E-state index contributed by atoms with van der Waals surface area (Å²) < 4.78 is 0. The Morgan fingerprint density at radius 1 is 1.38 bits per heavy atom. The highest BCUT2D eigenvalue weighted by molar-refractivity contribution is 7.99. The zero-order chi connectivity index (χ0) is 11.8. The highest BCUT2D eigenvalue weighted by atomic mass is 35.5. The van der Waals surface area contributed by atoms with Crippen molar-refractivity contribution in [3.8, 4) is 0 Å².